The van der Waals surface area contributed by atoms with E-state index in [9.17, 15) is 19.7 Å². The first-order valence-electron chi connectivity index (χ1n) is 9.81. The van der Waals surface area contributed by atoms with Gasteiger partial charge in [-0.05, 0) is 36.4 Å². The Kier molecular flexibility index (Phi) is 4.41. The zero-order valence-corrected chi connectivity index (χ0v) is 16.9. The topological polar surface area (TPSA) is 98.3 Å². The summed E-state index contributed by atoms with van der Waals surface area (Å²) in [6, 6.07) is 20.0. The highest BCUT2D eigenvalue weighted by Gasteiger charge is 2.29. The normalized spacial score (nSPS) is 14.2. The fraction of sp³-hybridized carbons (Fsp3) is 0.0417. The van der Waals surface area contributed by atoms with Crippen LogP contribution in [-0.4, -0.2) is 27.4 Å². The molecular weight excluding hydrogens is 408 g/mol. The summed E-state index contributed by atoms with van der Waals surface area (Å²) in [6.07, 6.45) is 1.60. The maximum atomic E-state index is 13.4. The molecule has 1 aliphatic rings. The van der Waals surface area contributed by atoms with E-state index in [0.717, 1.165) is 11.3 Å². The number of carbonyl (C=O) groups is 1. The van der Waals surface area contributed by atoms with Crippen LogP contribution in [0, 0.1) is 10.1 Å². The average molecular weight is 424 g/mol. The fourth-order valence-corrected chi connectivity index (χ4v) is 3.89. The molecule has 0 N–H and O–H groups in total. The molecular formula is C24H16N4O4. The number of fused-ring (bicyclic) bond motifs is 2. The summed E-state index contributed by atoms with van der Waals surface area (Å²) in [5, 5.41) is 11.5. The van der Waals surface area contributed by atoms with E-state index < -0.39 is 4.92 Å². The Hall–Kier alpha value is -4.59. The molecule has 0 saturated heterocycles. The van der Waals surface area contributed by atoms with Crippen molar-refractivity contribution in [1.82, 2.24) is 9.55 Å². The van der Waals surface area contributed by atoms with E-state index in [2.05, 4.69) is 4.98 Å². The van der Waals surface area contributed by atoms with Crippen molar-refractivity contribution < 1.29 is 9.72 Å². The summed E-state index contributed by atoms with van der Waals surface area (Å²) in [7, 11) is 1.69. The number of hydrogen-bond donors (Lipinski definition) is 0. The Morgan fingerprint density at radius 2 is 1.62 bits per heavy atom. The predicted molar refractivity (Wildman–Crippen MR) is 122 cm³/mol. The van der Waals surface area contributed by atoms with Gasteiger partial charge in [0.25, 0.3) is 17.2 Å². The number of amides is 1. The summed E-state index contributed by atoms with van der Waals surface area (Å²) in [4.78, 5) is 43.1. The van der Waals surface area contributed by atoms with E-state index >= 15 is 0 Å². The number of hydrogen-bond acceptors (Lipinski definition) is 5. The Balaban J connectivity index is 1.79. The molecule has 32 heavy (non-hydrogen) atoms. The van der Waals surface area contributed by atoms with Crippen molar-refractivity contribution in [2.45, 2.75) is 0 Å². The van der Waals surface area contributed by atoms with E-state index in [-0.39, 0.29) is 23.0 Å². The van der Waals surface area contributed by atoms with Gasteiger partial charge in [-0.2, -0.15) is 0 Å². The summed E-state index contributed by atoms with van der Waals surface area (Å²) in [5.74, 6) is 0.0554. The zero-order chi connectivity index (χ0) is 22.4. The molecule has 0 atom stereocenters. The molecule has 1 aliphatic heterocycles. The Morgan fingerprint density at radius 1 is 0.938 bits per heavy atom. The van der Waals surface area contributed by atoms with Crippen molar-refractivity contribution >= 4 is 39.8 Å². The first-order chi connectivity index (χ1) is 15.5. The van der Waals surface area contributed by atoms with Gasteiger partial charge in [-0.15, -0.1) is 0 Å². The van der Waals surface area contributed by atoms with Crippen molar-refractivity contribution in [3.63, 3.8) is 0 Å². The highest BCUT2D eigenvalue weighted by atomic mass is 16.6. The van der Waals surface area contributed by atoms with Crippen LogP contribution in [0.4, 0.5) is 11.4 Å². The molecule has 3 aromatic carbocycles. The van der Waals surface area contributed by atoms with Crippen LogP contribution < -0.4 is 10.5 Å². The molecule has 1 amide bonds. The molecule has 0 saturated carbocycles. The number of aromatic nitrogens is 2. The van der Waals surface area contributed by atoms with Gasteiger partial charge in [-0.25, -0.2) is 4.98 Å². The van der Waals surface area contributed by atoms with E-state index in [1.165, 1.54) is 28.8 Å². The maximum Gasteiger partial charge on any atom is 0.269 e. The molecule has 0 aliphatic carbocycles. The largest absolute Gasteiger partial charge is 0.311 e. The van der Waals surface area contributed by atoms with E-state index in [0.29, 0.717) is 22.2 Å². The number of non-ortho nitro benzene ring substituents is 1. The molecule has 1 aromatic heterocycles. The number of nitro benzene ring substituents is 1. The molecule has 8 nitrogen and oxygen atoms in total. The number of anilines is 1. The van der Waals surface area contributed by atoms with Gasteiger partial charge in [0.2, 0.25) is 0 Å². The highest BCUT2D eigenvalue weighted by Crippen LogP contribution is 2.36. The van der Waals surface area contributed by atoms with Gasteiger partial charge >= 0.3 is 0 Å². The Morgan fingerprint density at radius 3 is 2.38 bits per heavy atom. The molecule has 0 fully saturated rings. The molecule has 156 valence electrons. The minimum Gasteiger partial charge on any atom is -0.311 e. The second-order valence-electron chi connectivity index (χ2n) is 7.34. The number of carbonyl (C=O) groups excluding carboxylic acids is 1. The fourth-order valence-electron chi connectivity index (χ4n) is 3.89. The van der Waals surface area contributed by atoms with Gasteiger partial charge in [0.05, 0.1) is 32.8 Å². The standard InChI is InChI=1S/C24H16N4O4/c1-26-21-9-5-3-6-17(21)19(23(26)29)14-22-25-20-8-4-2-7-18(20)24(30)27(22)15-10-12-16(13-11-15)28(31)32/h2-14H,1H3. The minimum atomic E-state index is -0.502. The maximum absolute atomic E-state index is 13.4. The third-order valence-electron chi connectivity index (χ3n) is 5.48. The lowest BCUT2D eigenvalue weighted by atomic mass is 10.1. The average Bonchev–Trinajstić information content (AvgIpc) is 3.04. The first kappa shape index (κ1) is 19.4. The number of nitrogens with zero attached hydrogens (tertiary/aromatic N) is 4. The number of likely N-dealkylation sites (N-methyl/N-ethyl adjacent to an activating group) is 1. The molecule has 5 rings (SSSR count). The van der Waals surface area contributed by atoms with Gasteiger partial charge in [-0.1, -0.05) is 30.3 Å². The zero-order valence-electron chi connectivity index (χ0n) is 16.9. The SMILES string of the molecule is CN1C(=O)C(=Cc2nc3ccccc3c(=O)n2-c2ccc([N+](=O)[O-])cc2)c2ccccc21. The lowest BCUT2D eigenvalue weighted by molar-refractivity contribution is -0.384. The summed E-state index contributed by atoms with van der Waals surface area (Å²) in [6.45, 7) is 0. The molecule has 0 bridgehead atoms. The van der Waals surface area contributed by atoms with Crippen LogP contribution in [0.1, 0.15) is 11.4 Å². The van der Waals surface area contributed by atoms with Gasteiger partial charge in [-0.3, -0.25) is 24.3 Å². The molecule has 8 heteroatoms. The van der Waals surface area contributed by atoms with Crippen molar-refractivity contribution in [1.29, 1.82) is 0 Å². The van der Waals surface area contributed by atoms with Crippen LogP contribution in [0.3, 0.4) is 0 Å². The first-order valence-corrected chi connectivity index (χ1v) is 9.81. The van der Waals surface area contributed by atoms with Gasteiger partial charge in [0, 0.05) is 24.7 Å². The van der Waals surface area contributed by atoms with Crippen LogP contribution in [0.2, 0.25) is 0 Å². The molecule has 4 aromatic rings. The second-order valence-corrected chi connectivity index (χ2v) is 7.34. The van der Waals surface area contributed by atoms with Gasteiger partial charge < -0.3 is 4.90 Å². The summed E-state index contributed by atoms with van der Waals surface area (Å²) < 4.78 is 1.37. The Bertz CT molecular complexity index is 1500. The van der Waals surface area contributed by atoms with Crippen LogP contribution in [0.5, 0.6) is 0 Å². The Labute approximate surface area is 181 Å². The lowest BCUT2D eigenvalue weighted by Crippen LogP contribution is -2.23. The number of rotatable bonds is 3. The van der Waals surface area contributed by atoms with Crippen LogP contribution in [-0.2, 0) is 4.79 Å². The van der Waals surface area contributed by atoms with Crippen LogP contribution >= 0.6 is 0 Å². The quantitative estimate of drug-likeness (QED) is 0.283. The predicted octanol–water partition coefficient (Wildman–Crippen LogP) is 3.81. The third-order valence-corrected chi connectivity index (χ3v) is 5.48. The third kappa shape index (κ3) is 2.97. The summed E-state index contributed by atoms with van der Waals surface area (Å²) >= 11 is 0. The van der Waals surface area contributed by atoms with E-state index in [4.69, 9.17) is 0 Å². The van der Waals surface area contributed by atoms with Crippen molar-refractivity contribution in [3.8, 4) is 5.69 Å². The number of para-hydroxylation sites is 2. The monoisotopic (exact) mass is 424 g/mol. The number of benzene rings is 3. The highest BCUT2D eigenvalue weighted by molar-refractivity contribution is 6.35. The lowest BCUT2D eigenvalue weighted by Gasteiger charge is -2.12. The molecule has 2 heterocycles. The van der Waals surface area contributed by atoms with Crippen molar-refractivity contribution in [2.24, 2.45) is 0 Å². The second kappa shape index (κ2) is 7.28. The van der Waals surface area contributed by atoms with Gasteiger partial charge in [0.1, 0.15) is 5.82 Å². The molecule has 0 unspecified atom stereocenters. The molecule has 0 radical (unpaired) electrons. The van der Waals surface area contributed by atoms with E-state index in [1.807, 2.05) is 24.3 Å². The molecule has 0 spiro atoms. The van der Waals surface area contributed by atoms with Crippen LogP contribution in [0.25, 0.3) is 28.2 Å². The van der Waals surface area contributed by atoms with Crippen molar-refractivity contribution in [3.05, 3.63) is 105 Å². The smallest absolute Gasteiger partial charge is 0.269 e. The van der Waals surface area contributed by atoms with Crippen LogP contribution in [0.15, 0.2) is 77.6 Å². The van der Waals surface area contributed by atoms with Gasteiger partial charge in [0.15, 0.2) is 0 Å². The summed E-state index contributed by atoms with van der Waals surface area (Å²) in [5.41, 5.74) is 2.43. The number of nitro groups is 1. The van der Waals surface area contributed by atoms with E-state index in [1.54, 1.807) is 42.3 Å². The van der Waals surface area contributed by atoms with Crippen molar-refractivity contribution in [2.75, 3.05) is 11.9 Å². The minimum absolute atomic E-state index is 0.0861.